The molecule has 0 atom stereocenters. The van der Waals surface area contributed by atoms with E-state index >= 15 is 0 Å². The predicted octanol–water partition coefficient (Wildman–Crippen LogP) is 7.52. The molecular weight excluding hydrogens is 593 g/mol. The molecule has 6 rings (SSSR count). The summed E-state index contributed by atoms with van der Waals surface area (Å²) in [6.45, 7) is 4.00. The van der Waals surface area contributed by atoms with Crippen molar-refractivity contribution < 1.29 is 19.1 Å². The summed E-state index contributed by atoms with van der Waals surface area (Å²) in [5.41, 5.74) is 6.99. The topological polar surface area (TPSA) is 83.8 Å². The number of aryl methyl sites for hydroxylation is 2. The van der Waals surface area contributed by atoms with Crippen molar-refractivity contribution in [3.63, 3.8) is 0 Å². The SMILES string of the molecule is COc1cccc(N=C2SCC(=O)N2c2ccc(-c3ccc(N4C(=O)CSC4=Nc4cccc(OC)c4)c(C)c3)cc2C)c1. The molecule has 4 aromatic carbocycles. The van der Waals surface area contributed by atoms with Gasteiger partial charge in [-0.15, -0.1) is 0 Å². The van der Waals surface area contributed by atoms with Crippen molar-refractivity contribution in [2.75, 3.05) is 35.5 Å². The molecule has 2 fully saturated rings. The average molecular weight is 623 g/mol. The fraction of sp³-hybridized carbons (Fsp3) is 0.176. The van der Waals surface area contributed by atoms with E-state index in [1.165, 1.54) is 23.5 Å². The number of thioether (sulfide) groups is 2. The number of ether oxygens (including phenoxy) is 2. The third-order valence-corrected chi connectivity index (χ3v) is 9.14. The van der Waals surface area contributed by atoms with E-state index in [1.54, 1.807) is 24.0 Å². The average Bonchev–Trinajstić information content (AvgIpc) is 3.57. The van der Waals surface area contributed by atoms with Crippen LogP contribution in [0.2, 0.25) is 0 Å². The van der Waals surface area contributed by atoms with Crippen LogP contribution in [0, 0.1) is 13.8 Å². The number of carbonyl (C=O) groups is 2. The van der Waals surface area contributed by atoms with Crippen LogP contribution in [0.15, 0.2) is 94.9 Å². The minimum absolute atomic E-state index is 0.00717. The Bertz CT molecular complexity index is 1700. The number of methoxy groups -OCH3 is 2. The second kappa shape index (κ2) is 12.6. The molecule has 44 heavy (non-hydrogen) atoms. The zero-order chi connectivity index (χ0) is 30.8. The molecule has 10 heteroatoms. The number of anilines is 2. The highest BCUT2D eigenvalue weighted by Crippen LogP contribution is 2.37. The summed E-state index contributed by atoms with van der Waals surface area (Å²) >= 11 is 2.85. The van der Waals surface area contributed by atoms with E-state index in [0.29, 0.717) is 33.3 Å². The zero-order valence-electron chi connectivity index (χ0n) is 24.7. The summed E-state index contributed by atoms with van der Waals surface area (Å²) in [6, 6.07) is 27.1. The van der Waals surface area contributed by atoms with Gasteiger partial charge < -0.3 is 9.47 Å². The van der Waals surface area contributed by atoms with Crippen molar-refractivity contribution in [1.29, 1.82) is 0 Å². The van der Waals surface area contributed by atoms with Gasteiger partial charge in [0.05, 0.1) is 48.5 Å². The van der Waals surface area contributed by atoms with Crippen LogP contribution in [0.1, 0.15) is 11.1 Å². The monoisotopic (exact) mass is 622 g/mol. The summed E-state index contributed by atoms with van der Waals surface area (Å²) in [5.74, 6) is 2.08. The molecule has 0 unspecified atom stereocenters. The van der Waals surface area contributed by atoms with E-state index in [9.17, 15) is 9.59 Å². The predicted molar refractivity (Wildman–Crippen MR) is 181 cm³/mol. The van der Waals surface area contributed by atoms with Gasteiger partial charge in [0.2, 0.25) is 11.8 Å². The molecule has 2 aliphatic rings. The van der Waals surface area contributed by atoms with E-state index in [-0.39, 0.29) is 11.8 Å². The molecule has 0 N–H and O–H groups in total. The molecule has 222 valence electrons. The largest absolute Gasteiger partial charge is 0.497 e. The second-order valence-corrected chi connectivity index (χ2v) is 12.1. The van der Waals surface area contributed by atoms with Gasteiger partial charge in [0, 0.05) is 12.1 Å². The fourth-order valence-electron chi connectivity index (χ4n) is 5.12. The van der Waals surface area contributed by atoms with Crippen molar-refractivity contribution in [2.24, 2.45) is 9.98 Å². The number of amidine groups is 2. The van der Waals surface area contributed by atoms with E-state index in [2.05, 4.69) is 12.1 Å². The van der Waals surface area contributed by atoms with Crippen LogP contribution >= 0.6 is 23.5 Å². The van der Waals surface area contributed by atoms with E-state index < -0.39 is 0 Å². The molecule has 0 spiro atoms. The molecule has 2 saturated heterocycles. The van der Waals surface area contributed by atoms with Crippen molar-refractivity contribution in [3.05, 3.63) is 96.1 Å². The molecule has 0 aromatic heterocycles. The highest BCUT2D eigenvalue weighted by molar-refractivity contribution is 8.15. The standard InChI is InChI=1S/C34H30N4O4S2/c1-21-15-23(11-13-29(21)37-31(39)19-43-33(37)35-25-7-5-9-27(17-25)41-3)24-12-14-30(22(2)16-24)38-32(40)20-44-34(38)36-26-8-6-10-28(18-26)42-4/h5-18H,19-20H2,1-4H3. The van der Waals surface area contributed by atoms with Gasteiger partial charge in [0.15, 0.2) is 10.3 Å². The quantitative estimate of drug-likeness (QED) is 0.212. The number of rotatable bonds is 7. The lowest BCUT2D eigenvalue weighted by Gasteiger charge is -2.21. The lowest BCUT2D eigenvalue weighted by molar-refractivity contribution is -0.115. The number of nitrogens with zero attached hydrogens (tertiary/aromatic N) is 4. The van der Waals surface area contributed by atoms with E-state index in [1.807, 2.05) is 86.6 Å². The Hall–Kier alpha value is -4.54. The maximum atomic E-state index is 13.0. The molecule has 4 aromatic rings. The van der Waals surface area contributed by atoms with Gasteiger partial charge in [0.1, 0.15) is 11.5 Å². The molecule has 0 aliphatic carbocycles. The number of hydrogen-bond acceptors (Lipinski definition) is 8. The van der Waals surface area contributed by atoms with Gasteiger partial charge in [-0.3, -0.25) is 19.4 Å². The van der Waals surface area contributed by atoms with E-state index in [4.69, 9.17) is 19.5 Å². The molecule has 0 bridgehead atoms. The summed E-state index contributed by atoms with van der Waals surface area (Å²) < 4.78 is 10.7. The minimum Gasteiger partial charge on any atom is -0.497 e. The lowest BCUT2D eigenvalue weighted by Crippen LogP contribution is -2.29. The first kappa shape index (κ1) is 29.5. The molecule has 0 saturated carbocycles. The summed E-state index contributed by atoms with van der Waals surface area (Å²) in [4.78, 5) is 38.8. The van der Waals surface area contributed by atoms with E-state index in [0.717, 1.165) is 45.0 Å². The number of benzene rings is 4. The number of aliphatic imine (C=N–C) groups is 2. The fourth-order valence-corrected chi connectivity index (χ4v) is 6.88. The van der Waals surface area contributed by atoms with Gasteiger partial charge in [-0.1, -0.05) is 47.8 Å². The van der Waals surface area contributed by atoms with Gasteiger partial charge in [-0.05, 0) is 84.6 Å². The van der Waals surface area contributed by atoms with Crippen LogP contribution in [-0.2, 0) is 9.59 Å². The maximum absolute atomic E-state index is 13.0. The van der Waals surface area contributed by atoms with Gasteiger partial charge in [0.25, 0.3) is 0 Å². The third kappa shape index (κ3) is 5.95. The van der Waals surface area contributed by atoms with Gasteiger partial charge in [-0.2, -0.15) is 0 Å². The molecule has 8 nitrogen and oxygen atoms in total. The number of hydrogen-bond donors (Lipinski definition) is 0. The van der Waals surface area contributed by atoms with Crippen LogP contribution < -0.4 is 19.3 Å². The molecular formula is C34H30N4O4S2. The highest BCUT2D eigenvalue weighted by Gasteiger charge is 2.32. The zero-order valence-corrected chi connectivity index (χ0v) is 26.4. The highest BCUT2D eigenvalue weighted by atomic mass is 32.2. The molecule has 2 aliphatic heterocycles. The number of amides is 2. The Morgan fingerprint density at radius 2 is 1.05 bits per heavy atom. The van der Waals surface area contributed by atoms with Gasteiger partial charge >= 0.3 is 0 Å². The van der Waals surface area contributed by atoms with Crippen LogP contribution in [-0.4, -0.2) is 47.9 Å². The Labute approximate surface area is 264 Å². The van der Waals surface area contributed by atoms with Crippen LogP contribution in [0.5, 0.6) is 11.5 Å². The normalized spacial score (nSPS) is 16.8. The Balaban J connectivity index is 1.27. The minimum atomic E-state index is -0.00717. The van der Waals surface area contributed by atoms with Crippen molar-refractivity contribution in [3.8, 4) is 22.6 Å². The van der Waals surface area contributed by atoms with Crippen molar-refractivity contribution in [1.82, 2.24) is 0 Å². The second-order valence-electron chi connectivity index (χ2n) is 10.2. The molecule has 2 heterocycles. The van der Waals surface area contributed by atoms with Crippen molar-refractivity contribution >= 4 is 68.4 Å². The van der Waals surface area contributed by atoms with Crippen molar-refractivity contribution in [2.45, 2.75) is 13.8 Å². The maximum Gasteiger partial charge on any atom is 0.243 e. The summed E-state index contributed by atoms with van der Waals surface area (Å²) in [5, 5.41) is 1.28. The first-order chi connectivity index (χ1) is 21.3. The van der Waals surface area contributed by atoms with Crippen LogP contribution in [0.4, 0.5) is 22.7 Å². The Kier molecular flexibility index (Phi) is 8.45. The van der Waals surface area contributed by atoms with Crippen LogP contribution in [0.3, 0.4) is 0 Å². The molecule has 2 amide bonds. The summed E-state index contributed by atoms with van der Waals surface area (Å²) in [6.07, 6.45) is 0. The Morgan fingerprint density at radius 1 is 0.614 bits per heavy atom. The summed E-state index contributed by atoms with van der Waals surface area (Å²) in [7, 11) is 3.24. The smallest absolute Gasteiger partial charge is 0.243 e. The van der Waals surface area contributed by atoms with Gasteiger partial charge in [-0.25, -0.2) is 9.98 Å². The lowest BCUT2D eigenvalue weighted by atomic mass is 9.99. The molecule has 0 radical (unpaired) electrons. The number of carbonyl (C=O) groups excluding carboxylic acids is 2. The van der Waals surface area contributed by atoms with Crippen LogP contribution in [0.25, 0.3) is 11.1 Å². The Morgan fingerprint density at radius 3 is 1.43 bits per heavy atom. The first-order valence-electron chi connectivity index (χ1n) is 13.9. The third-order valence-electron chi connectivity index (χ3n) is 7.30. The first-order valence-corrected chi connectivity index (χ1v) is 15.9.